The Morgan fingerprint density at radius 2 is 0.415 bits per heavy atom. The lowest BCUT2D eigenvalue weighted by Crippen LogP contribution is -2.30. The average Bonchev–Trinajstić information content (AvgIpc) is 3.30. The van der Waals surface area contributed by atoms with Crippen LogP contribution >= 0.6 is 0 Å². The van der Waals surface area contributed by atoms with Crippen molar-refractivity contribution in [2.75, 3.05) is 13.2 Å². The third-order valence-electron chi connectivity index (χ3n) is 13.6. The topological polar surface area (TPSA) is 78.9 Å². The minimum absolute atomic E-state index is 0.0609. The molecule has 386 valence electrons. The van der Waals surface area contributed by atoms with E-state index in [1.165, 1.54) is 244 Å². The van der Waals surface area contributed by atoms with Crippen LogP contribution in [0.15, 0.2) is 0 Å². The van der Waals surface area contributed by atoms with Crippen LogP contribution in [0.1, 0.15) is 342 Å². The highest BCUT2D eigenvalue weighted by Gasteiger charge is 2.19. The molecular formula is C59H114O6. The maximum Gasteiger partial charge on any atom is 0.306 e. The highest BCUT2D eigenvalue weighted by atomic mass is 16.6. The maximum atomic E-state index is 12.8. The van der Waals surface area contributed by atoms with E-state index in [0.29, 0.717) is 19.3 Å². The minimum atomic E-state index is -0.761. The van der Waals surface area contributed by atoms with Crippen LogP contribution in [0.2, 0.25) is 0 Å². The van der Waals surface area contributed by atoms with Gasteiger partial charge in [0.15, 0.2) is 6.10 Å². The summed E-state index contributed by atoms with van der Waals surface area (Å²) in [5.41, 5.74) is 0. The number of ether oxygens (including phenoxy) is 3. The monoisotopic (exact) mass is 919 g/mol. The molecule has 0 saturated heterocycles. The molecule has 0 aliphatic heterocycles. The molecule has 0 spiro atoms. The summed E-state index contributed by atoms with van der Waals surface area (Å²) < 4.78 is 16.9. The molecule has 0 aromatic heterocycles. The van der Waals surface area contributed by atoms with E-state index < -0.39 is 6.10 Å². The fourth-order valence-electron chi connectivity index (χ4n) is 9.15. The second kappa shape index (κ2) is 55.0. The van der Waals surface area contributed by atoms with Crippen LogP contribution in [0.4, 0.5) is 0 Å². The van der Waals surface area contributed by atoms with Gasteiger partial charge in [0.2, 0.25) is 0 Å². The van der Waals surface area contributed by atoms with Crippen molar-refractivity contribution in [1.82, 2.24) is 0 Å². The van der Waals surface area contributed by atoms with E-state index in [4.69, 9.17) is 14.2 Å². The molecule has 0 heterocycles. The van der Waals surface area contributed by atoms with Crippen molar-refractivity contribution in [3.05, 3.63) is 0 Å². The summed E-state index contributed by atoms with van der Waals surface area (Å²) in [5.74, 6) is -0.830. The van der Waals surface area contributed by atoms with Gasteiger partial charge in [-0.2, -0.15) is 0 Å². The molecule has 0 aliphatic carbocycles. The summed E-state index contributed by atoms with van der Waals surface area (Å²) in [6, 6.07) is 0. The molecule has 65 heavy (non-hydrogen) atoms. The summed E-state index contributed by atoms with van der Waals surface area (Å²) in [7, 11) is 0. The van der Waals surface area contributed by atoms with Gasteiger partial charge in [0.1, 0.15) is 13.2 Å². The van der Waals surface area contributed by atoms with Crippen molar-refractivity contribution in [1.29, 1.82) is 0 Å². The van der Waals surface area contributed by atoms with Crippen molar-refractivity contribution >= 4 is 17.9 Å². The first-order valence-electron chi connectivity index (χ1n) is 29.5. The lowest BCUT2D eigenvalue weighted by Gasteiger charge is -2.18. The van der Waals surface area contributed by atoms with Crippen LogP contribution in [0.3, 0.4) is 0 Å². The van der Waals surface area contributed by atoms with E-state index in [0.717, 1.165) is 57.8 Å². The van der Waals surface area contributed by atoms with Crippen molar-refractivity contribution in [3.8, 4) is 0 Å². The summed E-state index contributed by atoms with van der Waals surface area (Å²) in [6.45, 7) is 6.71. The fourth-order valence-corrected chi connectivity index (χ4v) is 9.15. The third kappa shape index (κ3) is 53.2. The molecule has 6 nitrogen and oxygen atoms in total. The zero-order valence-corrected chi connectivity index (χ0v) is 44.3. The summed E-state index contributed by atoms with van der Waals surface area (Å²) in [4.78, 5) is 38.1. The first-order valence-corrected chi connectivity index (χ1v) is 29.5. The normalized spacial score (nSPS) is 11.9. The van der Waals surface area contributed by atoms with Gasteiger partial charge >= 0.3 is 17.9 Å². The second-order valence-corrected chi connectivity index (χ2v) is 20.3. The van der Waals surface area contributed by atoms with Crippen LogP contribution < -0.4 is 0 Å². The Morgan fingerprint density at radius 1 is 0.246 bits per heavy atom. The van der Waals surface area contributed by atoms with Crippen LogP contribution in [-0.4, -0.2) is 37.2 Å². The summed E-state index contributed by atoms with van der Waals surface area (Å²) >= 11 is 0. The Morgan fingerprint density at radius 3 is 0.615 bits per heavy atom. The molecule has 0 fully saturated rings. The van der Waals surface area contributed by atoms with Gasteiger partial charge in [-0.15, -0.1) is 0 Å². The molecule has 1 atom stereocenters. The number of carbonyl (C=O) groups excluding carboxylic acids is 3. The van der Waals surface area contributed by atoms with Crippen molar-refractivity contribution in [2.45, 2.75) is 348 Å². The highest BCUT2D eigenvalue weighted by molar-refractivity contribution is 5.71. The Kier molecular flexibility index (Phi) is 53.7. The zero-order valence-electron chi connectivity index (χ0n) is 44.3. The molecule has 0 radical (unpaired) electrons. The number of rotatable bonds is 55. The van der Waals surface area contributed by atoms with Crippen LogP contribution in [0.5, 0.6) is 0 Å². The Hall–Kier alpha value is -1.59. The fraction of sp³-hybridized carbons (Fsp3) is 0.949. The predicted molar refractivity (Wildman–Crippen MR) is 280 cm³/mol. The van der Waals surface area contributed by atoms with Gasteiger partial charge < -0.3 is 14.2 Å². The second-order valence-electron chi connectivity index (χ2n) is 20.3. The average molecular weight is 920 g/mol. The maximum absolute atomic E-state index is 12.8. The molecule has 6 heteroatoms. The van der Waals surface area contributed by atoms with Crippen molar-refractivity contribution < 1.29 is 28.6 Å². The molecular weight excluding hydrogens is 805 g/mol. The molecule has 0 aliphatic rings. The molecule has 0 aromatic rings. The minimum Gasteiger partial charge on any atom is -0.462 e. The Balaban J connectivity index is 4.27. The largest absolute Gasteiger partial charge is 0.462 e. The smallest absolute Gasteiger partial charge is 0.306 e. The first kappa shape index (κ1) is 63.4. The van der Waals surface area contributed by atoms with Gasteiger partial charge in [0, 0.05) is 19.3 Å². The summed E-state index contributed by atoms with van der Waals surface area (Å²) in [6.07, 6.45) is 60.9. The standard InChI is InChI=1S/C59H114O6/c1-4-7-10-13-16-19-22-25-28-29-30-32-35-37-40-43-46-49-52-58(61)64-55-56(65-59(62)53-50-47-44-41-38-33-27-24-21-18-15-12-9-6-3)54-63-57(60)51-48-45-42-39-36-34-31-26-23-20-17-14-11-8-5-2/h56H,4-55H2,1-3H3/t56-/m1/s1. The first-order chi connectivity index (χ1) is 32.0. The van der Waals surface area contributed by atoms with Crippen molar-refractivity contribution in [3.63, 3.8) is 0 Å². The molecule has 0 amide bonds. The van der Waals surface area contributed by atoms with Crippen LogP contribution in [0, 0.1) is 0 Å². The van der Waals surface area contributed by atoms with Gasteiger partial charge in [-0.1, -0.05) is 303 Å². The predicted octanol–water partition coefficient (Wildman–Crippen LogP) is 19.5. The molecule has 0 rings (SSSR count). The van der Waals surface area contributed by atoms with E-state index in [2.05, 4.69) is 20.8 Å². The van der Waals surface area contributed by atoms with Gasteiger partial charge in [-0.3, -0.25) is 14.4 Å². The lowest BCUT2D eigenvalue weighted by atomic mass is 10.0. The summed E-state index contributed by atoms with van der Waals surface area (Å²) in [5, 5.41) is 0. The molecule has 0 aromatic carbocycles. The molecule has 0 bridgehead atoms. The third-order valence-corrected chi connectivity index (χ3v) is 13.6. The lowest BCUT2D eigenvalue weighted by molar-refractivity contribution is -0.167. The van der Waals surface area contributed by atoms with E-state index in [9.17, 15) is 14.4 Å². The van der Waals surface area contributed by atoms with E-state index in [-0.39, 0.29) is 31.1 Å². The SMILES string of the molecule is CCCCCCCCCCCCCCCCCCCCC(=O)OC[C@@H](COC(=O)CCCCCCCCCCCCCCCCC)OC(=O)CCCCCCCCCCCCCCCC. The molecule has 0 saturated carbocycles. The van der Waals surface area contributed by atoms with Crippen molar-refractivity contribution in [2.24, 2.45) is 0 Å². The van der Waals surface area contributed by atoms with E-state index >= 15 is 0 Å². The van der Waals surface area contributed by atoms with Crippen LogP contribution in [0.25, 0.3) is 0 Å². The van der Waals surface area contributed by atoms with Crippen LogP contribution in [-0.2, 0) is 28.6 Å². The number of carbonyl (C=O) groups is 3. The van der Waals surface area contributed by atoms with Gasteiger partial charge in [0.25, 0.3) is 0 Å². The van der Waals surface area contributed by atoms with Gasteiger partial charge in [0.05, 0.1) is 0 Å². The van der Waals surface area contributed by atoms with E-state index in [1.807, 2.05) is 0 Å². The zero-order chi connectivity index (χ0) is 47.2. The number of esters is 3. The number of hydrogen-bond donors (Lipinski definition) is 0. The quantitative estimate of drug-likeness (QED) is 0.0344. The van der Waals surface area contributed by atoms with Gasteiger partial charge in [-0.05, 0) is 19.3 Å². The molecule has 0 N–H and O–H groups in total. The Labute approximate surface area is 406 Å². The van der Waals surface area contributed by atoms with E-state index in [1.54, 1.807) is 0 Å². The number of hydrogen-bond acceptors (Lipinski definition) is 6. The van der Waals surface area contributed by atoms with Gasteiger partial charge in [-0.25, -0.2) is 0 Å². The highest BCUT2D eigenvalue weighted by Crippen LogP contribution is 2.18. The Bertz CT molecular complexity index is 967. The molecule has 0 unspecified atom stereocenters. The number of unbranched alkanes of at least 4 members (excludes halogenated alkanes) is 44.